The molecule has 12 rings (SSSR count). The molecule has 0 saturated heterocycles. The molecule has 364 valence electrons. The van der Waals surface area contributed by atoms with Crippen molar-refractivity contribution in [2.24, 2.45) is 34.8 Å². The number of fused-ring (bicyclic) bond motifs is 6. The summed E-state index contributed by atoms with van der Waals surface area (Å²) in [7, 11) is 0. The Kier molecular flexibility index (Phi) is 16.7. The molecule has 0 saturated carbocycles. The van der Waals surface area contributed by atoms with Crippen molar-refractivity contribution >= 4 is 71.2 Å². The van der Waals surface area contributed by atoms with E-state index in [-0.39, 0.29) is 11.8 Å². The smallest absolute Gasteiger partial charge is 0.217 e. The summed E-state index contributed by atoms with van der Waals surface area (Å²) in [5.41, 5.74) is 34.3. The SMILES string of the molecule is C[CH]=[Zr].NC(=O)[C-](C1=CCc2ccccc21)C(C(N)=O)C1=CCc2ccccc21.NC(=O)[C-](C1=CCc2ccccc21)C(C(N)=O)C1=CCc2ccccc21.c1ccc2[cH-]ccc2c1.c1ccc2[cH-]ccc2c1. The van der Waals surface area contributed by atoms with Crippen molar-refractivity contribution in [3.05, 3.63) is 263 Å². The molecule has 4 aliphatic rings. The number of nitrogens with two attached hydrogens (primary N) is 4. The Morgan fingerprint density at radius 1 is 0.452 bits per heavy atom. The number of primary amides is 4. The van der Waals surface area contributed by atoms with Crippen LogP contribution in [0.15, 0.2) is 206 Å². The normalized spacial score (nSPS) is 13.8. The molecule has 2 unspecified atom stereocenters. The second-order valence-electron chi connectivity index (χ2n) is 17.8. The van der Waals surface area contributed by atoms with Gasteiger partial charge in [0.15, 0.2) is 11.8 Å². The zero-order valence-corrected chi connectivity index (χ0v) is 43.1. The first-order chi connectivity index (χ1) is 35.5. The predicted octanol–water partition coefficient (Wildman–Crippen LogP) is 10.3. The van der Waals surface area contributed by atoms with Crippen molar-refractivity contribution in [2.75, 3.05) is 0 Å². The van der Waals surface area contributed by atoms with Crippen molar-refractivity contribution in [1.29, 1.82) is 0 Å². The van der Waals surface area contributed by atoms with E-state index in [4.69, 9.17) is 22.9 Å². The predicted molar refractivity (Wildman–Crippen MR) is 294 cm³/mol. The minimum absolute atomic E-state index is 0.283. The molecule has 8 nitrogen and oxygen atoms in total. The van der Waals surface area contributed by atoms with E-state index in [1.807, 2.05) is 128 Å². The molecule has 0 aromatic heterocycles. The van der Waals surface area contributed by atoms with E-state index < -0.39 is 35.5 Å². The van der Waals surface area contributed by atoms with Crippen LogP contribution in [0.2, 0.25) is 0 Å². The van der Waals surface area contributed by atoms with Gasteiger partial charge in [-0.15, -0.1) is 93.7 Å². The third kappa shape index (κ3) is 11.5. The van der Waals surface area contributed by atoms with Gasteiger partial charge in [-0.1, -0.05) is 134 Å². The van der Waals surface area contributed by atoms with Crippen LogP contribution in [0.25, 0.3) is 43.8 Å². The standard InChI is InChI=1S/2C22H19N2O2.2C9H7.C2H4.Zr/c2*23-21(25)19(17-11-9-13-5-1-3-7-15(13)17)20(22(24)26)18-12-10-14-6-2-4-8-16(14)18;2*1-2-5-9-7-3-6-8(9)4-1;1-2;/h2*1-8,11-12,19H,9-10H2,(H2,23,25)(H2,24,26);2*1-7H;1H,2H3;/q4*-1;;. The summed E-state index contributed by atoms with van der Waals surface area (Å²) in [6, 6.07) is 60.7. The van der Waals surface area contributed by atoms with Crippen molar-refractivity contribution in [2.45, 2.75) is 32.6 Å². The van der Waals surface area contributed by atoms with E-state index >= 15 is 0 Å². The number of benzene rings is 6. The third-order valence-corrected chi connectivity index (χ3v) is 13.4. The molecule has 4 aliphatic carbocycles. The first-order valence-corrected chi connectivity index (χ1v) is 25.6. The molecule has 2 atom stereocenters. The number of rotatable bonds is 10. The van der Waals surface area contributed by atoms with Gasteiger partial charge >= 0.3 is 34.9 Å². The Bertz CT molecular complexity index is 3020. The van der Waals surface area contributed by atoms with E-state index in [0.29, 0.717) is 12.8 Å². The van der Waals surface area contributed by atoms with Gasteiger partial charge in [0.25, 0.3) is 0 Å². The Labute approximate surface area is 441 Å². The summed E-state index contributed by atoms with van der Waals surface area (Å²) in [6.45, 7) is 2.04. The monoisotopic (exact) mass is 1030 g/mol. The van der Waals surface area contributed by atoms with Crippen LogP contribution in [0.4, 0.5) is 0 Å². The largest absolute Gasteiger partial charge is 0.376 e. The fourth-order valence-corrected chi connectivity index (χ4v) is 10.1. The quantitative estimate of drug-likeness (QED) is 0.1000. The van der Waals surface area contributed by atoms with Gasteiger partial charge in [0.05, 0.1) is 0 Å². The van der Waals surface area contributed by atoms with E-state index in [0.717, 1.165) is 79.6 Å². The Balaban J connectivity index is 0.000000140. The molecule has 8 N–H and O–H groups in total. The Hall–Kier alpha value is -8.13. The minimum Gasteiger partial charge on any atom is -0.376 e. The number of hydrogen-bond acceptors (Lipinski definition) is 4. The van der Waals surface area contributed by atoms with E-state index in [1.54, 1.807) is 0 Å². The number of carbonyl (C=O) groups excluding carboxylic acids is 4. The molecule has 0 fully saturated rings. The number of amides is 4. The van der Waals surface area contributed by atoms with Gasteiger partial charge < -0.3 is 22.9 Å². The maximum absolute atomic E-state index is 12.4. The zero-order chi connectivity index (χ0) is 51.4. The average Bonchev–Trinajstić information content (AvgIpc) is 4.28. The fourth-order valence-electron chi connectivity index (χ4n) is 10.1. The van der Waals surface area contributed by atoms with Gasteiger partial charge in [0.2, 0.25) is 11.8 Å². The number of hydrogen-bond donors (Lipinski definition) is 4. The molecule has 0 spiro atoms. The first-order valence-electron chi connectivity index (χ1n) is 24.2. The van der Waals surface area contributed by atoms with Gasteiger partial charge in [-0.3, -0.25) is 19.2 Å². The topological polar surface area (TPSA) is 172 Å². The second-order valence-corrected chi connectivity index (χ2v) is 19.2. The first kappa shape index (κ1) is 51.2. The molecule has 8 aromatic rings. The van der Waals surface area contributed by atoms with E-state index in [1.165, 1.54) is 45.8 Å². The minimum atomic E-state index is -0.853. The van der Waals surface area contributed by atoms with Gasteiger partial charge in [0.1, 0.15) is 0 Å². The maximum Gasteiger partial charge on any atom is 0.217 e. The van der Waals surface area contributed by atoms with Gasteiger partial charge in [-0.2, -0.15) is 58.3 Å². The van der Waals surface area contributed by atoms with Crippen molar-refractivity contribution in [3.63, 3.8) is 0 Å². The van der Waals surface area contributed by atoms with E-state index in [9.17, 15) is 19.2 Å². The molecule has 0 radical (unpaired) electrons. The summed E-state index contributed by atoms with van der Waals surface area (Å²) >= 11 is 1.51. The van der Waals surface area contributed by atoms with E-state index in [2.05, 4.69) is 88.6 Å². The summed E-state index contributed by atoms with van der Waals surface area (Å²) in [6.07, 6.45) is 10.7. The summed E-state index contributed by atoms with van der Waals surface area (Å²) < 4.78 is 2.09. The average molecular weight is 1040 g/mol. The van der Waals surface area contributed by atoms with Crippen molar-refractivity contribution < 1.29 is 43.4 Å². The van der Waals surface area contributed by atoms with Crippen molar-refractivity contribution in [3.8, 4) is 0 Å². The van der Waals surface area contributed by atoms with Crippen LogP contribution in [0.1, 0.15) is 51.4 Å². The third-order valence-electron chi connectivity index (χ3n) is 13.4. The molecular weight excluding hydrogens is 980 g/mol. The van der Waals surface area contributed by atoms with Crippen LogP contribution >= 0.6 is 0 Å². The van der Waals surface area contributed by atoms with Crippen LogP contribution < -0.4 is 22.9 Å². The van der Waals surface area contributed by atoms with Crippen molar-refractivity contribution in [1.82, 2.24) is 0 Å². The molecule has 4 amide bonds. The fraction of sp³-hybridized carbons (Fsp3) is 0.109. The summed E-state index contributed by atoms with van der Waals surface area (Å²) in [5, 5.41) is 5.32. The molecule has 0 aliphatic heterocycles. The summed E-state index contributed by atoms with van der Waals surface area (Å²) in [4.78, 5) is 49.7. The van der Waals surface area contributed by atoms with Gasteiger partial charge in [-0.05, 0) is 46.2 Å². The zero-order valence-electron chi connectivity index (χ0n) is 40.6. The second kappa shape index (κ2) is 23.9. The Morgan fingerprint density at radius 3 is 1.10 bits per heavy atom. The molecular formula is C64H56N4O4Zr-4. The number of carbonyl (C=O) groups is 4. The van der Waals surface area contributed by atoms with Crippen LogP contribution in [0, 0.1) is 23.7 Å². The molecule has 73 heavy (non-hydrogen) atoms. The van der Waals surface area contributed by atoms with Gasteiger partial charge in [0, 0.05) is 11.8 Å². The Morgan fingerprint density at radius 2 is 0.753 bits per heavy atom. The number of allylic oxidation sites excluding steroid dienone is 4. The molecule has 0 bridgehead atoms. The maximum atomic E-state index is 12.4. The molecule has 9 heteroatoms. The molecule has 0 heterocycles. The summed E-state index contributed by atoms with van der Waals surface area (Å²) in [5.74, 6) is -3.49. The molecule has 8 aromatic carbocycles. The van der Waals surface area contributed by atoms with Crippen LogP contribution in [0.3, 0.4) is 0 Å². The van der Waals surface area contributed by atoms with Crippen LogP contribution in [-0.2, 0) is 69.1 Å². The van der Waals surface area contributed by atoms with Gasteiger partial charge in [-0.25, -0.2) is 0 Å². The van der Waals surface area contributed by atoms with Crippen LogP contribution in [-0.4, -0.2) is 27.3 Å². The van der Waals surface area contributed by atoms with Crippen LogP contribution in [0.5, 0.6) is 0 Å².